The summed E-state index contributed by atoms with van der Waals surface area (Å²) in [6, 6.07) is 11.0. The Morgan fingerprint density at radius 1 is 1.22 bits per heavy atom. The lowest BCUT2D eigenvalue weighted by Crippen LogP contribution is -2.13. The molecule has 120 valence electrons. The number of benzene rings is 2. The predicted molar refractivity (Wildman–Crippen MR) is 88.0 cm³/mol. The second kappa shape index (κ2) is 7.94. The van der Waals surface area contributed by atoms with Gasteiger partial charge in [-0.3, -0.25) is 10.1 Å². The van der Waals surface area contributed by atoms with Gasteiger partial charge in [-0.15, -0.1) is 0 Å². The number of esters is 1. The third-order valence-electron chi connectivity index (χ3n) is 2.76. The first kappa shape index (κ1) is 17.2. The molecule has 0 aromatic heterocycles. The van der Waals surface area contributed by atoms with E-state index >= 15 is 0 Å². The Bertz CT molecular complexity index is 738. The van der Waals surface area contributed by atoms with Crippen molar-refractivity contribution in [3.05, 3.63) is 67.6 Å². The van der Waals surface area contributed by atoms with Crippen LogP contribution in [0.5, 0.6) is 5.75 Å². The van der Waals surface area contributed by atoms with Gasteiger partial charge in [0, 0.05) is 15.6 Å². The number of carbonyl (C=O) groups excluding carboxylic acids is 1. The summed E-state index contributed by atoms with van der Waals surface area (Å²) in [5, 5.41) is 11.1. The average molecular weight is 401 g/mol. The highest BCUT2D eigenvalue weighted by molar-refractivity contribution is 9.10. The monoisotopic (exact) mass is 399 g/mol. The second-order valence-corrected chi connectivity index (χ2v) is 5.71. The van der Waals surface area contributed by atoms with Crippen molar-refractivity contribution in [2.24, 2.45) is 0 Å². The molecule has 2 aromatic carbocycles. The summed E-state index contributed by atoms with van der Waals surface area (Å²) >= 11 is 9.00. The molecule has 8 heteroatoms. The van der Waals surface area contributed by atoms with Crippen LogP contribution in [0.2, 0.25) is 5.02 Å². The highest BCUT2D eigenvalue weighted by atomic mass is 79.9. The third-order valence-corrected chi connectivity index (χ3v) is 3.49. The van der Waals surface area contributed by atoms with Gasteiger partial charge in [-0.1, -0.05) is 33.6 Å². The number of nitrogens with zero attached hydrogens (tertiary/aromatic N) is 1. The largest absolute Gasteiger partial charge is 0.490 e. The van der Waals surface area contributed by atoms with E-state index in [1.807, 2.05) is 12.1 Å². The van der Waals surface area contributed by atoms with Gasteiger partial charge < -0.3 is 9.47 Å². The molecule has 0 spiro atoms. The van der Waals surface area contributed by atoms with Gasteiger partial charge in [0.15, 0.2) is 0 Å². The Morgan fingerprint density at radius 3 is 2.70 bits per heavy atom. The van der Waals surface area contributed by atoms with Crippen molar-refractivity contribution in [1.29, 1.82) is 0 Å². The van der Waals surface area contributed by atoms with Crippen LogP contribution in [0.15, 0.2) is 46.9 Å². The molecule has 0 aliphatic carbocycles. The molecule has 23 heavy (non-hydrogen) atoms. The van der Waals surface area contributed by atoms with Gasteiger partial charge in [-0.05, 0) is 30.3 Å². The van der Waals surface area contributed by atoms with Crippen molar-refractivity contribution >= 4 is 39.2 Å². The van der Waals surface area contributed by atoms with Gasteiger partial charge in [0.2, 0.25) is 0 Å². The molecule has 0 saturated carbocycles. The number of halogens is 2. The molecule has 0 saturated heterocycles. The van der Waals surface area contributed by atoms with Crippen molar-refractivity contribution in [3.63, 3.8) is 0 Å². The molecule has 0 fully saturated rings. The number of nitro groups is 1. The molecule has 0 N–H and O–H groups in total. The van der Waals surface area contributed by atoms with Gasteiger partial charge in [0.1, 0.15) is 24.5 Å². The maximum Gasteiger partial charge on any atom is 0.345 e. The van der Waals surface area contributed by atoms with E-state index in [4.69, 9.17) is 21.1 Å². The quantitative estimate of drug-likeness (QED) is 0.313. The van der Waals surface area contributed by atoms with E-state index in [1.54, 1.807) is 12.1 Å². The Hall–Kier alpha value is -2.12. The van der Waals surface area contributed by atoms with Crippen LogP contribution in [0.25, 0.3) is 0 Å². The minimum absolute atomic E-state index is 0.0366. The van der Waals surface area contributed by atoms with Gasteiger partial charge in [0.05, 0.1) is 4.92 Å². The van der Waals surface area contributed by atoms with E-state index in [1.165, 1.54) is 12.1 Å². The van der Waals surface area contributed by atoms with Crippen LogP contribution in [-0.2, 0) is 4.74 Å². The predicted octanol–water partition coefficient (Wildman–Crippen LogP) is 4.25. The molecule has 2 rings (SSSR count). The Labute approximate surface area is 145 Å². The van der Waals surface area contributed by atoms with E-state index in [-0.39, 0.29) is 23.8 Å². The first-order valence-corrected chi connectivity index (χ1v) is 7.64. The fourth-order valence-corrected chi connectivity index (χ4v) is 2.30. The van der Waals surface area contributed by atoms with E-state index in [2.05, 4.69) is 15.9 Å². The number of nitro benzene ring substituents is 1. The molecule has 0 aliphatic heterocycles. The van der Waals surface area contributed by atoms with E-state index in [9.17, 15) is 14.9 Å². The zero-order chi connectivity index (χ0) is 16.8. The summed E-state index contributed by atoms with van der Waals surface area (Å²) in [6.45, 7) is 0.0920. The SMILES string of the molecule is O=C(OCCOc1cccc(Br)c1)c1ccc(Cl)cc1[N+](=O)[O-]. The molecule has 0 atom stereocenters. The fourth-order valence-electron chi connectivity index (χ4n) is 1.76. The van der Waals surface area contributed by atoms with Crippen LogP contribution in [0, 0.1) is 10.1 Å². The molecule has 6 nitrogen and oxygen atoms in total. The molecule has 0 unspecified atom stereocenters. The minimum atomic E-state index is -0.800. The van der Waals surface area contributed by atoms with Crippen LogP contribution in [0.4, 0.5) is 5.69 Å². The summed E-state index contributed by atoms with van der Waals surface area (Å²) in [6.07, 6.45) is 0. The maximum atomic E-state index is 11.9. The zero-order valence-electron chi connectivity index (χ0n) is 11.7. The molecule has 0 amide bonds. The standard InChI is InChI=1S/C15H11BrClNO5/c16-10-2-1-3-12(8-10)22-6-7-23-15(19)13-5-4-11(17)9-14(13)18(20)21/h1-5,8-9H,6-7H2. The maximum absolute atomic E-state index is 11.9. The Balaban J connectivity index is 1.91. The van der Waals surface area contributed by atoms with Crippen molar-refractivity contribution in [2.75, 3.05) is 13.2 Å². The third kappa shape index (κ3) is 4.94. The van der Waals surface area contributed by atoms with Crippen molar-refractivity contribution in [3.8, 4) is 5.75 Å². The van der Waals surface area contributed by atoms with Crippen LogP contribution in [-0.4, -0.2) is 24.1 Å². The number of ether oxygens (including phenoxy) is 2. The summed E-state index contributed by atoms with van der Waals surface area (Å²) in [5.41, 5.74) is -0.544. The lowest BCUT2D eigenvalue weighted by Gasteiger charge is -2.08. The van der Waals surface area contributed by atoms with Gasteiger partial charge >= 0.3 is 5.97 Å². The van der Waals surface area contributed by atoms with Gasteiger partial charge in [0.25, 0.3) is 5.69 Å². The van der Waals surface area contributed by atoms with Crippen molar-refractivity contribution < 1.29 is 19.2 Å². The zero-order valence-corrected chi connectivity index (χ0v) is 14.0. The topological polar surface area (TPSA) is 78.7 Å². The lowest BCUT2D eigenvalue weighted by molar-refractivity contribution is -0.385. The van der Waals surface area contributed by atoms with Crippen LogP contribution < -0.4 is 4.74 Å². The van der Waals surface area contributed by atoms with E-state index < -0.39 is 16.6 Å². The molecular weight excluding hydrogens is 390 g/mol. The number of carbonyl (C=O) groups is 1. The normalized spacial score (nSPS) is 10.2. The fraction of sp³-hybridized carbons (Fsp3) is 0.133. The van der Waals surface area contributed by atoms with Crippen molar-refractivity contribution in [2.45, 2.75) is 0 Å². The van der Waals surface area contributed by atoms with E-state index in [0.717, 1.165) is 10.5 Å². The molecule has 0 radical (unpaired) electrons. The lowest BCUT2D eigenvalue weighted by atomic mass is 10.2. The molecular formula is C15H11BrClNO5. The minimum Gasteiger partial charge on any atom is -0.490 e. The first-order chi connectivity index (χ1) is 11.0. The smallest absolute Gasteiger partial charge is 0.345 e. The van der Waals surface area contributed by atoms with Gasteiger partial charge in [-0.2, -0.15) is 0 Å². The van der Waals surface area contributed by atoms with Crippen molar-refractivity contribution in [1.82, 2.24) is 0 Å². The summed E-state index contributed by atoms with van der Waals surface area (Å²) in [7, 11) is 0. The van der Waals surface area contributed by atoms with Crippen LogP contribution in [0.1, 0.15) is 10.4 Å². The summed E-state index contributed by atoms with van der Waals surface area (Å²) in [5.74, 6) is -0.181. The highest BCUT2D eigenvalue weighted by Gasteiger charge is 2.21. The van der Waals surface area contributed by atoms with Crippen LogP contribution in [0.3, 0.4) is 0 Å². The Kier molecular flexibility index (Phi) is 5.95. The summed E-state index contributed by atoms with van der Waals surface area (Å²) in [4.78, 5) is 22.2. The van der Waals surface area contributed by atoms with Crippen LogP contribution >= 0.6 is 27.5 Å². The molecule has 0 aliphatic rings. The molecule has 0 bridgehead atoms. The number of rotatable bonds is 6. The Morgan fingerprint density at radius 2 is 2.00 bits per heavy atom. The summed E-state index contributed by atoms with van der Waals surface area (Å²) < 4.78 is 11.3. The van der Waals surface area contributed by atoms with Gasteiger partial charge in [-0.25, -0.2) is 4.79 Å². The van der Waals surface area contributed by atoms with E-state index in [0.29, 0.717) is 5.75 Å². The molecule has 2 aromatic rings. The average Bonchev–Trinajstić information content (AvgIpc) is 2.51. The highest BCUT2D eigenvalue weighted by Crippen LogP contribution is 2.24. The molecule has 0 heterocycles. The number of hydrogen-bond donors (Lipinski definition) is 0. The number of hydrogen-bond acceptors (Lipinski definition) is 5. The first-order valence-electron chi connectivity index (χ1n) is 6.47. The second-order valence-electron chi connectivity index (χ2n) is 4.36.